The van der Waals surface area contributed by atoms with Crippen molar-refractivity contribution < 1.29 is 50.3 Å². The molecule has 0 radical (unpaired) electrons. The van der Waals surface area contributed by atoms with Gasteiger partial charge in [0.15, 0.2) is 12.0 Å². The Hall–Kier alpha value is -3.73. The molecule has 1 aromatic heterocycles. The number of rotatable bonds is 16. The van der Waals surface area contributed by atoms with Crippen LogP contribution in [0.1, 0.15) is 93.9 Å². The summed E-state index contributed by atoms with van der Waals surface area (Å²) in [5.41, 5.74) is 1.05. The maximum absolute atomic E-state index is 14.2. The van der Waals surface area contributed by atoms with Gasteiger partial charge in [0.25, 0.3) is 5.91 Å². The van der Waals surface area contributed by atoms with Crippen molar-refractivity contribution in [1.29, 1.82) is 0 Å². The van der Waals surface area contributed by atoms with Crippen LogP contribution in [0.3, 0.4) is 0 Å². The quantitative estimate of drug-likeness (QED) is 0.143. The molecule has 1 aliphatic heterocycles. The highest BCUT2D eigenvalue weighted by Gasteiger charge is 2.63. The molecule has 5 atom stereocenters. The molecule has 302 valence electrons. The largest absolute Gasteiger partial charge is 0.455 e. The molecule has 1 aliphatic rings. The molecule has 1 saturated heterocycles. The molecular weight excluding hydrogens is 740 g/mol. The third-order valence-corrected chi connectivity index (χ3v) is 10.4. The molecule has 1 aromatic carbocycles. The number of thiazole rings is 1. The summed E-state index contributed by atoms with van der Waals surface area (Å²) in [7, 11) is 2.58. The lowest BCUT2D eigenvalue weighted by atomic mass is 9.92. The van der Waals surface area contributed by atoms with Gasteiger partial charge in [-0.3, -0.25) is 24.1 Å². The number of carbonyl (C=O) groups excluding carboxylic acids is 4. The Balaban J connectivity index is 1.91. The molecule has 2 heterocycles. The third-order valence-electron chi connectivity index (χ3n) is 9.50. The first-order valence-corrected chi connectivity index (χ1v) is 18.9. The molecule has 17 heteroatoms. The number of aromatic nitrogens is 1. The molecule has 0 spiro atoms. The van der Waals surface area contributed by atoms with E-state index in [1.807, 2.05) is 49.5 Å². The molecule has 2 aromatic rings. The second-order valence-electron chi connectivity index (χ2n) is 14.7. The maximum atomic E-state index is 14.2. The molecule has 10 nitrogen and oxygen atoms in total. The number of halogens is 6. The molecule has 3 rings (SSSR count). The van der Waals surface area contributed by atoms with Gasteiger partial charge < -0.3 is 20.3 Å². The summed E-state index contributed by atoms with van der Waals surface area (Å²) in [6, 6.07) is 4.21. The number of piperidine rings is 1. The lowest BCUT2D eigenvalue weighted by molar-refractivity contribution is -0.290. The lowest BCUT2D eigenvalue weighted by Crippen LogP contribution is -2.63. The van der Waals surface area contributed by atoms with Crippen LogP contribution in [-0.2, 0) is 25.5 Å². The highest BCUT2D eigenvalue weighted by molar-refractivity contribution is 7.09. The van der Waals surface area contributed by atoms with Crippen LogP contribution in [0.2, 0.25) is 0 Å². The van der Waals surface area contributed by atoms with Gasteiger partial charge in [0, 0.05) is 37.9 Å². The van der Waals surface area contributed by atoms with Crippen molar-refractivity contribution in [2.75, 3.05) is 20.6 Å². The molecule has 0 unspecified atom stereocenters. The molecule has 0 bridgehead atoms. The number of hydrogen-bond acceptors (Lipinski definition) is 8. The fourth-order valence-electron chi connectivity index (χ4n) is 6.85. The summed E-state index contributed by atoms with van der Waals surface area (Å²) in [6.07, 6.45) is -10.7. The second-order valence-corrected chi connectivity index (χ2v) is 15.6. The normalized spacial score (nSPS) is 17.9. The van der Waals surface area contributed by atoms with E-state index in [4.69, 9.17) is 4.74 Å². The standard InChI is InChI=1S/C37H51F6N5O5S/c1-21(2)17-25(18-24-13-9-8-10-14-24)44-32(50)26-20-54-34(45-26)29(53-23(5)49)19-28(22(3)4)48(7)35(52)30(31(36(38,39)40)37(41,42)43)46-33(51)27-15-11-12-16-47(27)6/h8-10,13-14,20-22,25,27-31H,11-12,15-19H2,1-7H3,(H,44,50)(H,46,51)/t25-,27-,28-,29-,30+/m1/s1. The topological polar surface area (TPSA) is 121 Å². The smallest absolute Gasteiger partial charge is 0.403 e. The molecule has 54 heavy (non-hydrogen) atoms. The van der Waals surface area contributed by atoms with Crippen LogP contribution in [0, 0.1) is 17.8 Å². The van der Waals surface area contributed by atoms with Crippen molar-refractivity contribution >= 4 is 35.0 Å². The Kier molecular flexibility index (Phi) is 15.9. The molecule has 0 saturated carbocycles. The van der Waals surface area contributed by atoms with Crippen LogP contribution >= 0.6 is 11.3 Å². The molecular formula is C37H51F6N5O5S. The van der Waals surface area contributed by atoms with E-state index >= 15 is 0 Å². The second kappa shape index (κ2) is 19.2. The number of carbonyl (C=O) groups is 4. The molecule has 0 aliphatic carbocycles. The van der Waals surface area contributed by atoms with Gasteiger partial charge in [-0.15, -0.1) is 11.3 Å². The van der Waals surface area contributed by atoms with E-state index in [0.717, 1.165) is 35.8 Å². The first-order valence-electron chi connectivity index (χ1n) is 18.0. The van der Waals surface area contributed by atoms with Crippen molar-refractivity contribution in [1.82, 2.24) is 25.4 Å². The minimum absolute atomic E-state index is 0.0214. The van der Waals surface area contributed by atoms with E-state index in [0.29, 0.717) is 32.2 Å². The van der Waals surface area contributed by atoms with Gasteiger partial charge in [-0.05, 0) is 56.7 Å². The Bertz CT molecular complexity index is 1540. The highest BCUT2D eigenvalue weighted by atomic mass is 32.1. The van der Waals surface area contributed by atoms with Crippen molar-refractivity contribution in [2.24, 2.45) is 17.8 Å². The predicted molar refractivity (Wildman–Crippen MR) is 191 cm³/mol. The lowest BCUT2D eigenvalue weighted by Gasteiger charge is -2.39. The predicted octanol–water partition coefficient (Wildman–Crippen LogP) is 6.72. The summed E-state index contributed by atoms with van der Waals surface area (Å²) in [6.45, 7) is 8.75. The van der Waals surface area contributed by atoms with Crippen molar-refractivity contribution in [3.8, 4) is 0 Å². The zero-order valence-electron chi connectivity index (χ0n) is 31.6. The van der Waals surface area contributed by atoms with Gasteiger partial charge >= 0.3 is 18.3 Å². The van der Waals surface area contributed by atoms with Gasteiger partial charge in [0.1, 0.15) is 16.7 Å². The van der Waals surface area contributed by atoms with Gasteiger partial charge in [-0.25, -0.2) is 4.98 Å². The average Bonchev–Trinajstić information content (AvgIpc) is 3.55. The molecule has 1 fully saturated rings. The van der Waals surface area contributed by atoms with Gasteiger partial charge in [0.05, 0.1) is 6.04 Å². The van der Waals surface area contributed by atoms with Crippen LogP contribution in [0.5, 0.6) is 0 Å². The molecule has 3 amide bonds. The van der Waals surface area contributed by atoms with Crippen LogP contribution in [0.25, 0.3) is 0 Å². The Morgan fingerprint density at radius 2 is 1.61 bits per heavy atom. The summed E-state index contributed by atoms with van der Waals surface area (Å²) >= 11 is 0.977. The fraction of sp³-hybridized carbons (Fsp3) is 0.649. The number of amides is 3. The SMILES string of the molecule is CC(=O)O[C@H](C[C@H](C(C)C)N(C)C(=O)[C@@H](NC(=O)[C@H]1CCCCN1C)C(C(F)(F)F)C(F)(F)F)c1nc(C(=O)N[C@@H](Cc2ccccc2)CC(C)C)cs1. The van der Waals surface area contributed by atoms with E-state index in [2.05, 4.69) is 10.3 Å². The maximum Gasteiger partial charge on any atom is 0.403 e. The zero-order valence-corrected chi connectivity index (χ0v) is 32.4. The van der Waals surface area contributed by atoms with Crippen LogP contribution in [0.4, 0.5) is 26.3 Å². The number of nitrogens with zero attached hydrogens (tertiary/aromatic N) is 3. The van der Waals surface area contributed by atoms with Crippen LogP contribution in [0.15, 0.2) is 35.7 Å². The summed E-state index contributed by atoms with van der Waals surface area (Å²) < 4.78 is 90.5. The van der Waals surface area contributed by atoms with Crippen molar-refractivity contribution in [3.63, 3.8) is 0 Å². The minimum Gasteiger partial charge on any atom is -0.455 e. The number of ether oxygens (including phenoxy) is 1. The van der Waals surface area contributed by atoms with Gasteiger partial charge in [-0.1, -0.05) is 64.4 Å². The number of nitrogens with one attached hydrogen (secondary N) is 2. The number of esters is 1. The summed E-state index contributed by atoms with van der Waals surface area (Å²) in [5, 5.41) is 6.44. The Labute approximate surface area is 316 Å². The first-order chi connectivity index (χ1) is 25.1. The summed E-state index contributed by atoms with van der Waals surface area (Å²) in [4.78, 5) is 59.4. The average molecular weight is 792 g/mol. The number of likely N-dealkylation sites (tertiary alicyclic amines) is 1. The monoisotopic (exact) mass is 791 g/mol. The number of alkyl halides is 6. The first kappa shape index (κ1) is 44.7. The number of likely N-dealkylation sites (N-methyl/N-ethyl adjacent to an activating group) is 2. The van der Waals surface area contributed by atoms with Crippen molar-refractivity contribution in [2.45, 2.75) is 116 Å². The van der Waals surface area contributed by atoms with Gasteiger partial charge in [0.2, 0.25) is 11.8 Å². The van der Waals surface area contributed by atoms with Crippen molar-refractivity contribution in [3.05, 3.63) is 52.0 Å². The van der Waals surface area contributed by atoms with E-state index in [1.54, 1.807) is 13.8 Å². The summed E-state index contributed by atoms with van der Waals surface area (Å²) in [5.74, 6) is -8.52. The minimum atomic E-state index is -5.94. The fourth-order valence-corrected chi connectivity index (χ4v) is 7.69. The number of benzene rings is 1. The van der Waals surface area contributed by atoms with E-state index in [1.165, 1.54) is 17.3 Å². The van der Waals surface area contributed by atoms with E-state index in [9.17, 15) is 45.5 Å². The highest BCUT2D eigenvalue weighted by Crippen LogP contribution is 2.42. The van der Waals surface area contributed by atoms with E-state index < -0.39 is 72.1 Å². The number of hydrogen-bond donors (Lipinski definition) is 2. The molecule has 2 N–H and O–H groups in total. The third kappa shape index (κ3) is 12.7. The van der Waals surface area contributed by atoms with Crippen LogP contribution in [-0.4, -0.2) is 95.6 Å². The zero-order chi connectivity index (χ0) is 40.5. The Morgan fingerprint density at radius 1 is 0.981 bits per heavy atom. The van der Waals surface area contributed by atoms with Crippen LogP contribution < -0.4 is 10.6 Å². The Morgan fingerprint density at radius 3 is 2.15 bits per heavy atom. The van der Waals surface area contributed by atoms with E-state index in [-0.39, 0.29) is 35.5 Å². The van der Waals surface area contributed by atoms with Gasteiger partial charge in [-0.2, -0.15) is 26.3 Å².